The van der Waals surface area contributed by atoms with Crippen LogP contribution in [-0.4, -0.2) is 39.5 Å². The van der Waals surface area contributed by atoms with Crippen molar-refractivity contribution in [3.05, 3.63) is 0 Å². The molecule has 0 amide bonds. The minimum absolute atomic E-state index is 0.245. The van der Waals surface area contributed by atoms with Crippen LogP contribution >= 0.6 is 0 Å². The van der Waals surface area contributed by atoms with Crippen LogP contribution in [0.25, 0.3) is 0 Å². The highest BCUT2D eigenvalue weighted by atomic mass is 16.5. The molecule has 0 atom stereocenters. The maximum Gasteiger partial charge on any atom is 0.302 e. The van der Waals surface area contributed by atoms with Crippen LogP contribution in [0.3, 0.4) is 0 Å². The Kier molecular flexibility index (Phi) is 38.5. The minimum Gasteiger partial charge on any atom is -0.469 e. The molecule has 0 aliphatic rings. The number of ether oxygens (including phenoxy) is 2. The first-order valence-corrected chi connectivity index (χ1v) is 2.58. The van der Waals surface area contributed by atoms with E-state index < -0.39 is 0 Å². The smallest absolute Gasteiger partial charge is 0.302 e. The van der Waals surface area contributed by atoms with Crippen LogP contribution in [0.5, 0.6) is 0 Å². The van der Waals surface area contributed by atoms with Crippen molar-refractivity contribution >= 4 is 5.97 Å². The monoisotopic (exact) mass is 152 g/mol. The third-order valence-corrected chi connectivity index (χ3v) is 0.287. The van der Waals surface area contributed by atoms with Crippen LogP contribution in [0.2, 0.25) is 0 Å². The van der Waals surface area contributed by atoms with Gasteiger partial charge in [0, 0.05) is 28.3 Å². The molecule has 0 unspecified atom stereocenters. The fraction of sp³-hybridized carbons (Fsp3) is 0.833. The van der Waals surface area contributed by atoms with Crippen LogP contribution in [0.1, 0.15) is 6.92 Å². The normalized spacial score (nSPS) is 5.80. The second-order valence-corrected chi connectivity index (χ2v) is 1.10. The molecule has 0 aliphatic heterocycles. The van der Waals surface area contributed by atoms with Crippen molar-refractivity contribution < 1.29 is 19.4 Å². The Morgan fingerprint density at radius 1 is 1.20 bits per heavy atom. The summed E-state index contributed by atoms with van der Waals surface area (Å²) in [6.45, 7) is 1.36. The molecule has 1 N–H and O–H groups in total. The molecule has 0 aromatic heterocycles. The van der Waals surface area contributed by atoms with Gasteiger partial charge in [-0.3, -0.25) is 4.79 Å². The number of hydrogen-bond donors (Lipinski definition) is 1. The number of rotatable bonds is 0. The summed E-state index contributed by atoms with van der Waals surface area (Å²) < 4.78 is 8.36. The van der Waals surface area contributed by atoms with Gasteiger partial charge in [0.05, 0.1) is 7.11 Å². The third-order valence-electron chi connectivity index (χ3n) is 0.287. The van der Waals surface area contributed by atoms with Crippen LogP contribution in [-0.2, 0) is 14.3 Å². The van der Waals surface area contributed by atoms with Crippen molar-refractivity contribution in [2.24, 2.45) is 0 Å². The fourth-order valence-corrected chi connectivity index (χ4v) is 0. The van der Waals surface area contributed by atoms with E-state index in [1.54, 1.807) is 14.2 Å². The maximum absolute atomic E-state index is 9.59. The van der Waals surface area contributed by atoms with E-state index in [4.69, 9.17) is 5.11 Å². The standard InChI is InChI=1S/C3H6O2.C2H6O.CH4O/c1-3(4)5-2;1-3-2;1-2/h1-2H3;1-2H3;2H,1H3. The summed E-state index contributed by atoms with van der Waals surface area (Å²) in [6.07, 6.45) is 0. The van der Waals surface area contributed by atoms with Gasteiger partial charge in [0.1, 0.15) is 0 Å². The van der Waals surface area contributed by atoms with E-state index in [9.17, 15) is 4.79 Å². The van der Waals surface area contributed by atoms with Crippen molar-refractivity contribution in [1.29, 1.82) is 0 Å². The number of esters is 1. The Morgan fingerprint density at radius 2 is 1.30 bits per heavy atom. The van der Waals surface area contributed by atoms with Crippen molar-refractivity contribution in [3.63, 3.8) is 0 Å². The molecule has 0 saturated heterocycles. The predicted octanol–water partition coefficient (Wildman–Crippen LogP) is 0.0504. The van der Waals surface area contributed by atoms with Crippen molar-refractivity contribution in [2.75, 3.05) is 28.4 Å². The molecule has 0 rings (SSSR count). The third kappa shape index (κ3) is 156. The molecule has 4 nitrogen and oxygen atoms in total. The van der Waals surface area contributed by atoms with Crippen LogP contribution in [0.15, 0.2) is 0 Å². The number of carbonyl (C=O) groups is 1. The van der Waals surface area contributed by atoms with Gasteiger partial charge in [-0.1, -0.05) is 0 Å². The molecule has 0 heterocycles. The summed E-state index contributed by atoms with van der Waals surface area (Å²) in [6, 6.07) is 0. The Bertz CT molecular complexity index is 53.7. The van der Waals surface area contributed by atoms with E-state index in [1.165, 1.54) is 14.0 Å². The quantitative estimate of drug-likeness (QED) is 0.498. The zero-order valence-corrected chi connectivity index (χ0v) is 7.17. The Morgan fingerprint density at radius 3 is 1.30 bits per heavy atom. The van der Waals surface area contributed by atoms with Gasteiger partial charge in [-0.25, -0.2) is 0 Å². The highest BCUT2D eigenvalue weighted by Crippen LogP contribution is 1.60. The number of hydrogen-bond acceptors (Lipinski definition) is 4. The van der Waals surface area contributed by atoms with Crippen LogP contribution in [0, 0.1) is 0 Å². The van der Waals surface area contributed by atoms with Crippen molar-refractivity contribution in [1.82, 2.24) is 0 Å². The summed E-state index contributed by atoms with van der Waals surface area (Å²) >= 11 is 0. The average molecular weight is 152 g/mol. The first-order valence-electron chi connectivity index (χ1n) is 2.58. The molecular weight excluding hydrogens is 136 g/mol. The molecule has 0 aromatic carbocycles. The maximum atomic E-state index is 9.59. The van der Waals surface area contributed by atoms with Gasteiger partial charge >= 0.3 is 5.97 Å². The summed E-state index contributed by atoms with van der Waals surface area (Å²) in [5.74, 6) is -0.245. The molecule has 64 valence electrons. The second-order valence-electron chi connectivity index (χ2n) is 1.10. The summed E-state index contributed by atoms with van der Waals surface area (Å²) in [5, 5.41) is 7.00. The summed E-state index contributed by atoms with van der Waals surface area (Å²) in [5.41, 5.74) is 0. The zero-order chi connectivity index (χ0) is 8.99. The zero-order valence-electron chi connectivity index (χ0n) is 7.17. The van der Waals surface area contributed by atoms with Gasteiger partial charge in [-0.15, -0.1) is 0 Å². The topological polar surface area (TPSA) is 55.8 Å². The van der Waals surface area contributed by atoms with E-state index >= 15 is 0 Å². The lowest BCUT2D eigenvalue weighted by Gasteiger charge is -1.80. The van der Waals surface area contributed by atoms with Gasteiger partial charge in [0.2, 0.25) is 0 Å². The lowest BCUT2D eigenvalue weighted by molar-refractivity contribution is -0.137. The van der Waals surface area contributed by atoms with Crippen LogP contribution in [0.4, 0.5) is 0 Å². The fourth-order valence-electron chi connectivity index (χ4n) is 0. The Balaban J connectivity index is -0.0000000847. The van der Waals surface area contributed by atoms with E-state index in [0.29, 0.717) is 0 Å². The van der Waals surface area contributed by atoms with Crippen LogP contribution < -0.4 is 0 Å². The summed E-state index contributed by atoms with van der Waals surface area (Å²) in [7, 11) is 5.60. The molecule has 0 spiro atoms. The molecule has 0 saturated carbocycles. The van der Waals surface area contributed by atoms with Gasteiger partial charge < -0.3 is 14.6 Å². The van der Waals surface area contributed by atoms with E-state index in [-0.39, 0.29) is 5.97 Å². The first-order chi connectivity index (χ1) is 4.68. The van der Waals surface area contributed by atoms with Gasteiger partial charge in [0.25, 0.3) is 0 Å². The molecule has 10 heavy (non-hydrogen) atoms. The minimum atomic E-state index is -0.245. The van der Waals surface area contributed by atoms with Gasteiger partial charge in [-0.05, 0) is 0 Å². The van der Waals surface area contributed by atoms with Gasteiger partial charge in [0.15, 0.2) is 0 Å². The van der Waals surface area contributed by atoms with E-state index in [2.05, 4.69) is 9.47 Å². The molecular formula is C6H16O4. The first kappa shape index (κ1) is 16.2. The SMILES string of the molecule is CO.COC.COC(C)=O. The molecule has 0 aliphatic carbocycles. The second kappa shape index (κ2) is 23.8. The molecule has 0 fully saturated rings. The average Bonchev–Trinajstić information content (AvgIpc) is 1.94. The van der Waals surface area contributed by atoms with E-state index in [1.807, 2.05) is 0 Å². The molecule has 0 aromatic rings. The lowest BCUT2D eigenvalue weighted by atomic mass is 10.8. The largest absolute Gasteiger partial charge is 0.469 e. The molecule has 0 bridgehead atoms. The van der Waals surface area contributed by atoms with Crippen molar-refractivity contribution in [2.45, 2.75) is 6.92 Å². The highest BCUT2D eigenvalue weighted by molar-refractivity contribution is 5.65. The summed E-state index contributed by atoms with van der Waals surface area (Å²) in [4.78, 5) is 9.59. The molecule has 4 heteroatoms. The Labute approximate surface area is 61.8 Å². The molecule has 0 radical (unpaired) electrons. The Hall–Kier alpha value is -0.610. The number of aliphatic hydroxyl groups excluding tert-OH is 1. The number of methoxy groups -OCH3 is 2. The van der Waals surface area contributed by atoms with E-state index in [0.717, 1.165) is 7.11 Å². The number of aliphatic hydroxyl groups is 1. The lowest BCUT2D eigenvalue weighted by Crippen LogP contribution is -1.88. The predicted molar refractivity (Wildman–Crippen MR) is 38.8 cm³/mol. The van der Waals surface area contributed by atoms with Gasteiger partial charge in [-0.2, -0.15) is 0 Å². The number of carbonyl (C=O) groups excluding carboxylic acids is 1. The highest BCUT2D eigenvalue weighted by Gasteiger charge is 1.75. The van der Waals surface area contributed by atoms with Crippen molar-refractivity contribution in [3.8, 4) is 0 Å².